The Hall–Kier alpha value is -4.24. The van der Waals surface area contributed by atoms with E-state index >= 15 is 0 Å². The molecule has 1 aromatic carbocycles. The molecule has 6 rings (SSSR count). The van der Waals surface area contributed by atoms with Crippen molar-refractivity contribution in [2.75, 3.05) is 6.54 Å². The van der Waals surface area contributed by atoms with Crippen LogP contribution in [0.25, 0.3) is 11.8 Å². The molecule has 2 aliphatic carbocycles. The van der Waals surface area contributed by atoms with Crippen molar-refractivity contribution in [2.24, 2.45) is 12.5 Å². The molecular formula is C28H25F4N7O3S. The average Bonchev–Trinajstić information content (AvgIpc) is 3.60. The Balaban J connectivity index is 1.45. The van der Waals surface area contributed by atoms with Crippen molar-refractivity contribution < 1.29 is 30.8 Å². The van der Waals surface area contributed by atoms with E-state index in [1.54, 1.807) is 29.1 Å². The second-order valence-electron chi connectivity index (χ2n) is 10.7. The molecule has 1 saturated carbocycles. The molecule has 0 saturated heterocycles. The third-order valence-electron chi connectivity index (χ3n) is 7.98. The van der Waals surface area contributed by atoms with Crippen LogP contribution in [0, 0.1) is 17.0 Å². The number of nitrogens with zero attached hydrogens (tertiary/aromatic N) is 7. The summed E-state index contributed by atoms with van der Waals surface area (Å²) in [6, 6.07) is 6.78. The molecule has 10 nitrogen and oxygen atoms in total. The SMILES string of the molecule is Cn1cc(S(=O)(=O)N(CC(F)F)[C@H]2CCC3=Cc4c(cnn4-c4ccc(F)cc4)C[C@]3(C(=O)c3cc(F)ccn3)C2)nn1. The first-order chi connectivity index (χ1) is 20.5. The molecule has 2 aliphatic rings. The lowest BCUT2D eigenvalue weighted by molar-refractivity contribution is 0.0656. The first-order valence-electron chi connectivity index (χ1n) is 13.3. The van der Waals surface area contributed by atoms with Gasteiger partial charge >= 0.3 is 0 Å². The van der Waals surface area contributed by atoms with Crippen molar-refractivity contribution >= 4 is 21.9 Å². The predicted octanol–water partition coefficient (Wildman–Crippen LogP) is 3.99. The van der Waals surface area contributed by atoms with E-state index in [9.17, 15) is 30.8 Å². The number of pyridine rings is 1. The van der Waals surface area contributed by atoms with Gasteiger partial charge in [0.2, 0.25) is 5.03 Å². The van der Waals surface area contributed by atoms with Crippen molar-refractivity contribution in [2.45, 2.75) is 43.2 Å². The largest absolute Gasteiger partial charge is 0.291 e. The highest BCUT2D eigenvalue weighted by Gasteiger charge is 2.52. The fourth-order valence-corrected chi connectivity index (χ4v) is 7.58. The van der Waals surface area contributed by atoms with E-state index in [0.717, 1.165) is 29.2 Å². The number of halogens is 4. The molecule has 0 spiro atoms. The van der Waals surface area contributed by atoms with Crippen molar-refractivity contribution in [3.8, 4) is 5.69 Å². The topological polar surface area (TPSA) is 116 Å². The van der Waals surface area contributed by atoms with Crippen LogP contribution in [0.4, 0.5) is 17.6 Å². The van der Waals surface area contributed by atoms with Gasteiger partial charge in [-0.2, -0.15) is 9.40 Å². The van der Waals surface area contributed by atoms with E-state index in [2.05, 4.69) is 20.4 Å². The molecule has 0 N–H and O–H groups in total. The lowest BCUT2D eigenvalue weighted by Crippen LogP contribution is -2.51. The molecule has 0 radical (unpaired) electrons. The van der Waals surface area contributed by atoms with Crippen LogP contribution in [0.3, 0.4) is 0 Å². The Morgan fingerprint density at radius 1 is 1.16 bits per heavy atom. The second kappa shape index (κ2) is 10.8. The van der Waals surface area contributed by atoms with Crippen LogP contribution in [0.2, 0.25) is 0 Å². The lowest BCUT2D eigenvalue weighted by atomic mass is 9.60. The van der Waals surface area contributed by atoms with E-state index in [0.29, 0.717) is 26.8 Å². The molecule has 0 bridgehead atoms. The number of aryl methyl sites for hydroxylation is 1. The molecule has 2 atom stereocenters. The van der Waals surface area contributed by atoms with Gasteiger partial charge in [-0.05, 0) is 67.7 Å². The minimum Gasteiger partial charge on any atom is -0.291 e. The number of rotatable bonds is 8. The van der Waals surface area contributed by atoms with E-state index in [1.807, 2.05) is 0 Å². The number of alkyl halides is 2. The van der Waals surface area contributed by atoms with E-state index < -0.39 is 56.9 Å². The van der Waals surface area contributed by atoms with Gasteiger partial charge in [0.15, 0.2) is 5.78 Å². The Bertz CT molecular complexity index is 1840. The van der Waals surface area contributed by atoms with Gasteiger partial charge in [-0.1, -0.05) is 10.8 Å². The van der Waals surface area contributed by atoms with E-state index in [4.69, 9.17) is 0 Å². The average molecular weight is 616 g/mol. The van der Waals surface area contributed by atoms with Crippen LogP contribution in [0.15, 0.2) is 65.6 Å². The van der Waals surface area contributed by atoms with Gasteiger partial charge in [0.25, 0.3) is 16.4 Å². The summed E-state index contributed by atoms with van der Waals surface area (Å²) < 4.78 is 86.2. The fourth-order valence-electron chi connectivity index (χ4n) is 6.04. The van der Waals surface area contributed by atoms with Crippen LogP contribution >= 0.6 is 0 Å². The highest BCUT2D eigenvalue weighted by molar-refractivity contribution is 7.89. The normalized spacial score (nSPS) is 20.2. The fraction of sp³-hybridized carbons (Fsp3) is 0.321. The Morgan fingerprint density at radius 3 is 2.60 bits per heavy atom. The third-order valence-corrected chi connectivity index (χ3v) is 9.76. The summed E-state index contributed by atoms with van der Waals surface area (Å²) in [5.74, 6) is -1.66. The monoisotopic (exact) mass is 615 g/mol. The summed E-state index contributed by atoms with van der Waals surface area (Å²) in [6.07, 6.45) is 2.78. The molecule has 0 amide bonds. The summed E-state index contributed by atoms with van der Waals surface area (Å²) >= 11 is 0. The van der Waals surface area contributed by atoms with Crippen molar-refractivity contribution in [1.29, 1.82) is 0 Å². The number of carbonyl (C=O) groups excluding carboxylic acids is 1. The summed E-state index contributed by atoms with van der Waals surface area (Å²) in [4.78, 5) is 18.4. The molecule has 0 unspecified atom stereocenters. The summed E-state index contributed by atoms with van der Waals surface area (Å²) in [7, 11) is -3.08. The van der Waals surface area contributed by atoms with Crippen molar-refractivity contribution in [1.82, 2.24) is 34.1 Å². The number of aromatic nitrogens is 6. The predicted molar refractivity (Wildman–Crippen MR) is 145 cm³/mol. The van der Waals surface area contributed by atoms with Gasteiger partial charge in [-0.3, -0.25) is 14.5 Å². The summed E-state index contributed by atoms with van der Waals surface area (Å²) in [5.41, 5.74) is 0.870. The Morgan fingerprint density at radius 2 is 1.93 bits per heavy atom. The molecule has 4 aromatic rings. The van der Waals surface area contributed by atoms with Crippen LogP contribution in [0.5, 0.6) is 0 Å². The number of allylic oxidation sites excluding steroid dienone is 1. The van der Waals surface area contributed by atoms with Crippen LogP contribution in [0.1, 0.15) is 41.0 Å². The molecule has 3 aromatic heterocycles. The number of benzene rings is 1. The number of carbonyl (C=O) groups is 1. The standard InChI is InChI=1S/C28H25F4N7O3S/c1-37-16-26(35-36-37)43(41,42)38(15-25(31)32)22-5-2-18-10-24-17(14-34-39(24)21-6-3-19(29)4-7-21)12-28(18,13-22)27(40)23-11-20(30)8-9-33-23/h3-4,6-11,14,16,22,25H,2,5,12-13,15H2,1H3/t22-,28-/m0/s1. The zero-order valence-electron chi connectivity index (χ0n) is 22.7. The zero-order chi connectivity index (χ0) is 30.5. The third kappa shape index (κ3) is 5.16. The molecule has 15 heteroatoms. The van der Waals surface area contributed by atoms with E-state index in [-0.39, 0.29) is 31.4 Å². The number of ketones is 1. The first-order valence-corrected chi connectivity index (χ1v) is 14.8. The Kier molecular flexibility index (Phi) is 7.24. The summed E-state index contributed by atoms with van der Waals surface area (Å²) in [5, 5.41) is 11.2. The minimum absolute atomic E-state index is 0.0383. The Labute approximate surface area is 243 Å². The molecule has 0 aliphatic heterocycles. The highest BCUT2D eigenvalue weighted by Crippen LogP contribution is 2.51. The van der Waals surface area contributed by atoms with Crippen LogP contribution < -0.4 is 0 Å². The smallest absolute Gasteiger partial charge is 0.264 e. The quantitative estimate of drug-likeness (QED) is 0.217. The molecule has 224 valence electrons. The second-order valence-corrected chi connectivity index (χ2v) is 12.5. The van der Waals surface area contributed by atoms with Crippen molar-refractivity contribution in [3.05, 3.63) is 89.1 Å². The van der Waals surface area contributed by atoms with Gasteiger partial charge in [0.05, 0.1) is 35.7 Å². The maximum atomic E-state index is 14.3. The molecule has 43 heavy (non-hydrogen) atoms. The summed E-state index contributed by atoms with van der Waals surface area (Å²) in [6.45, 7) is -1.11. The van der Waals surface area contributed by atoms with Crippen molar-refractivity contribution in [3.63, 3.8) is 0 Å². The van der Waals surface area contributed by atoms with Gasteiger partial charge in [0, 0.05) is 25.4 Å². The van der Waals surface area contributed by atoms with Gasteiger partial charge in [-0.15, -0.1) is 5.10 Å². The highest BCUT2D eigenvalue weighted by atomic mass is 32.2. The van der Waals surface area contributed by atoms with Gasteiger partial charge in [0.1, 0.15) is 17.3 Å². The molecule has 3 heterocycles. The first kappa shape index (κ1) is 28.9. The number of hydrogen-bond donors (Lipinski definition) is 0. The lowest BCUT2D eigenvalue weighted by Gasteiger charge is -2.46. The number of sulfonamides is 1. The number of hydrogen-bond acceptors (Lipinski definition) is 7. The molecular weight excluding hydrogens is 590 g/mol. The van der Waals surface area contributed by atoms with Gasteiger partial charge in [-0.25, -0.2) is 30.7 Å². The minimum atomic E-state index is -4.53. The van der Waals surface area contributed by atoms with Crippen LogP contribution in [-0.2, 0) is 23.5 Å². The van der Waals surface area contributed by atoms with Gasteiger partial charge < -0.3 is 0 Å². The molecule has 1 fully saturated rings. The number of Topliss-reactive ketones (excluding diaryl/α,β-unsaturated/α-hetero) is 1. The van der Waals surface area contributed by atoms with Crippen LogP contribution in [-0.4, -0.2) is 67.3 Å². The maximum Gasteiger partial charge on any atom is 0.264 e. The maximum absolute atomic E-state index is 14.3. The number of fused-ring (bicyclic) bond motifs is 2. The van der Waals surface area contributed by atoms with E-state index in [1.165, 1.54) is 19.2 Å². The zero-order valence-corrected chi connectivity index (χ0v) is 23.6.